The number of aryl methyl sites for hydroxylation is 1. The molecule has 0 fully saturated rings. The van der Waals surface area contributed by atoms with Gasteiger partial charge in [-0.2, -0.15) is 0 Å². The van der Waals surface area contributed by atoms with Crippen LogP contribution in [0.25, 0.3) is 33.9 Å². The minimum Gasteiger partial charge on any atom is -0.486 e. The largest absolute Gasteiger partial charge is 0.486 e. The molecule has 0 N–H and O–H groups in total. The number of hydrogen-bond acceptors (Lipinski definition) is 3. The van der Waals surface area contributed by atoms with Crippen molar-refractivity contribution in [1.29, 1.82) is 0 Å². The van der Waals surface area contributed by atoms with Crippen molar-refractivity contribution in [1.82, 2.24) is 9.55 Å². The Morgan fingerprint density at radius 2 is 1.41 bits per heavy atom. The molecule has 0 unspecified atom stereocenters. The van der Waals surface area contributed by atoms with Gasteiger partial charge in [-0.05, 0) is 42.3 Å². The second-order valence-corrected chi connectivity index (χ2v) is 9.70. The normalized spacial score (nSPS) is 12.5. The summed E-state index contributed by atoms with van der Waals surface area (Å²) >= 11 is 12.7. The predicted molar refractivity (Wildman–Crippen MR) is 150 cm³/mol. The smallest absolute Gasteiger partial charge is 0.162 e. The first kappa shape index (κ1) is 23.7. The first-order chi connectivity index (χ1) is 18.2. The van der Waals surface area contributed by atoms with E-state index in [1.54, 1.807) is 6.07 Å². The van der Waals surface area contributed by atoms with Crippen molar-refractivity contribution < 1.29 is 9.47 Å². The van der Waals surface area contributed by atoms with Crippen LogP contribution in [0.2, 0.25) is 10.0 Å². The standard InChI is InChI=1S/C31H24Cl2N2O2/c32-25-13-11-21(26(33)20-25)15-16-35-30(23-9-5-2-6-10-23)29(22-7-3-1-4-8-22)34-31(35)24-12-14-27-28(19-24)37-18-17-36-27/h1-14,19-20H,15-18H2. The molecule has 0 atom stereocenters. The van der Waals surface area contributed by atoms with Crippen LogP contribution >= 0.6 is 23.2 Å². The van der Waals surface area contributed by atoms with Crippen LogP contribution in [0.5, 0.6) is 11.5 Å². The van der Waals surface area contributed by atoms with E-state index in [0.29, 0.717) is 29.8 Å². The van der Waals surface area contributed by atoms with Crippen LogP contribution in [0.3, 0.4) is 0 Å². The molecule has 2 heterocycles. The van der Waals surface area contributed by atoms with E-state index in [-0.39, 0.29) is 0 Å². The highest BCUT2D eigenvalue weighted by atomic mass is 35.5. The SMILES string of the molecule is Clc1ccc(CCn2c(-c3ccc4c(c3)OCCO4)nc(-c3ccccc3)c2-c2ccccc2)c(Cl)c1. The lowest BCUT2D eigenvalue weighted by atomic mass is 10.0. The minimum absolute atomic E-state index is 0.532. The van der Waals surface area contributed by atoms with E-state index >= 15 is 0 Å². The van der Waals surface area contributed by atoms with Crippen LogP contribution in [0, 0.1) is 0 Å². The summed E-state index contributed by atoms with van der Waals surface area (Å²) in [6.07, 6.45) is 0.720. The number of nitrogens with zero attached hydrogens (tertiary/aromatic N) is 2. The number of hydrogen-bond donors (Lipinski definition) is 0. The third kappa shape index (κ3) is 4.83. The number of imidazole rings is 1. The third-order valence-electron chi connectivity index (χ3n) is 6.48. The molecule has 6 heteroatoms. The highest BCUT2D eigenvalue weighted by Gasteiger charge is 2.23. The van der Waals surface area contributed by atoms with Gasteiger partial charge in [-0.25, -0.2) is 4.98 Å². The molecule has 1 aliphatic heterocycles. The Bertz CT molecular complexity index is 1550. The van der Waals surface area contributed by atoms with Crippen molar-refractivity contribution >= 4 is 23.2 Å². The molecule has 0 aliphatic carbocycles. The van der Waals surface area contributed by atoms with Crippen molar-refractivity contribution in [2.45, 2.75) is 13.0 Å². The number of fused-ring (bicyclic) bond motifs is 1. The second kappa shape index (κ2) is 10.3. The fourth-order valence-corrected chi connectivity index (χ4v) is 5.22. The summed E-state index contributed by atoms with van der Waals surface area (Å²) in [6.45, 7) is 1.76. The molecule has 6 rings (SSSR count). The Hall–Kier alpha value is -3.73. The average molecular weight is 527 g/mol. The Kier molecular flexibility index (Phi) is 6.60. The lowest BCUT2D eigenvalue weighted by Crippen LogP contribution is -2.15. The fraction of sp³-hybridized carbons (Fsp3) is 0.129. The van der Waals surface area contributed by atoms with Crippen LogP contribution in [0.4, 0.5) is 0 Å². The van der Waals surface area contributed by atoms with Crippen LogP contribution in [-0.2, 0) is 13.0 Å². The molecule has 184 valence electrons. The summed E-state index contributed by atoms with van der Waals surface area (Å²) < 4.78 is 13.9. The highest BCUT2D eigenvalue weighted by molar-refractivity contribution is 6.35. The zero-order chi connectivity index (χ0) is 25.2. The quantitative estimate of drug-likeness (QED) is 0.223. The van der Waals surface area contributed by atoms with Crippen molar-refractivity contribution in [2.24, 2.45) is 0 Å². The van der Waals surface area contributed by atoms with E-state index < -0.39 is 0 Å². The Balaban J connectivity index is 1.54. The molecule has 5 aromatic rings. The van der Waals surface area contributed by atoms with E-state index in [1.165, 1.54) is 0 Å². The molecule has 37 heavy (non-hydrogen) atoms. The van der Waals surface area contributed by atoms with E-state index in [2.05, 4.69) is 41.0 Å². The molecule has 1 aliphatic rings. The molecule has 1 aromatic heterocycles. The summed E-state index contributed by atoms with van der Waals surface area (Å²) in [5.41, 5.74) is 6.14. The molecule has 0 amide bonds. The van der Waals surface area contributed by atoms with Crippen molar-refractivity contribution in [3.05, 3.63) is 113 Å². The van der Waals surface area contributed by atoms with Gasteiger partial charge in [-0.1, -0.05) is 89.9 Å². The summed E-state index contributed by atoms with van der Waals surface area (Å²) in [5, 5.41) is 1.29. The van der Waals surface area contributed by atoms with Crippen molar-refractivity contribution in [2.75, 3.05) is 13.2 Å². The van der Waals surface area contributed by atoms with Gasteiger partial charge in [0.15, 0.2) is 11.5 Å². The van der Waals surface area contributed by atoms with Gasteiger partial charge in [0.25, 0.3) is 0 Å². The maximum atomic E-state index is 6.55. The second-order valence-electron chi connectivity index (χ2n) is 8.86. The maximum absolute atomic E-state index is 6.55. The number of ether oxygens (including phenoxy) is 2. The molecule has 0 bridgehead atoms. The number of aromatic nitrogens is 2. The number of rotatable bonds is 6. The van der Waals surface area contributed by atoms with Crippen LogP contribution in [0.1, 0.15) is 5.56 Å². The van der Waals surface area contributed by atoms with Crippen LogP contribution in [0.15, 0.2) is 97.1 Å². The molecule has 0 saturated carbocycles. The Morgan fingerprint density at radius 1 is 0.703 bits per heavy atom. The summed E-state index contributed by atoms with van der Waals surface area (Å²) in [4.78, 5) is 5.24. The van der Waals surface area contributed by atoms with Gasteiger partial charge in [0.05, 0.1) is 11.4 Å². The number of benzene rings is 4. The third-order valence-corrected chi connectivity index (χ3v) is 7.07. The van der Waals surface area contributed by atoms with Crippen molar-refractivity contribution in [3.63, 3.8) is 0 Å². The molecule has 4 nitrogen and oxygen atoms in total. The maximum Gasteiger partial charge on any atom is 0.162 e. The van der Waals surface area contributed by atoms with Crippen molar-refractivity contribution in [3.8, 4) is 45.4 Å². The fourth-order valence-electron chi connectivity index (χ4n) is 4.72. The Labute approximate surface area is 226 Å². The predicted octanol–water partition coefficient (Wildman–Crippen LogP) is 8.20. The number of halogens is 2. The van der Waals surface area contributed by atoms with Gasteiger partial charge >= 0.3 is 0 Å². The molecule has 0 spiro atoms. The minimum atomic E-state index is 0.532. The molecule has 0 saturated heterocycles. The first-order valence-electron chi connectivity index (χ1n) is 12.2. The van der Waals surface area contributed by atoms with Crippen LogP contribution < -0.4 is 9.47 Å². The van der Waals surface area contributed by atoms with Gasteiger partial charge in [-0.3, -0.25) is 0 Å². The summed E-state index contributed by atoms with van der Waals surface area (Å²) in [5.74, 6) is 2.36. The van der Waals surface area contributed by atoms with E-state index in [1.807, 2.05) is 54.6 Å². The molecular weight excluding hydrogens is 503 g/mol. The molecule has 0 radical (unpaired) electrons. The monoisotopic (exact) mass is 526 g/mol. The topological polar surface area (TPSA) is 36.3 Å². The van der Waals surface area contributed by atoms with Gasteiger partial charge in [0, 0.05) is 33.3 Å². The van der Waals surface area contributed by atoms with Gasteiger partial charge in [0.1, 0.15) is 19.0 Å². The highest BCUT2D eigenvalue weighted by Crippen LogP contribution is 2.39. The lowest BCUT2D eigenvalue weighted by molar-refractivity contribution is 0.171. The van der Waals surface area contributed by atoms with Crippen LogP contribution in [-0.4, -0.2) is 22.8 Å². The zero-order valence-corrected chi connectivity index (χ0v) is 21.5. The zero-order valence-electron chi connectivity index (χ0n) is 20.0. The summed E-state index contributed by atoms with van der Waals surface area (Å²) in [7, 11) is 0. The van der Waals surface area contributed by atoms with E-state index in [4.69, 9.17) is 37.7 Å². The summed E-state index contributed by atoms with van der Waals surface area (Å²) in [6, 6.07) is 32.4. The van der Waals surface area contributed by atoms with E-state index in [0.717, 1.165) is 57.4 Å². The molecular formula is C31H24Cl2N2O2. The van der Waals surface area contributed by atoms with Gasteiger partial charge < -0.3 is 14.0 Å². The molecule has 4 aromatic carbocycles. The van der Waals surface area contributed by atoms with Gasteiger partial charge in [0.2, 0.25) is 0 Å². The van der Waals surface area contributed by atoms with E-state index in [9.17, 15) is 0 Å². The first-order valence-corrected chi connectivity index (χ1v) is 13.0. The van der Waals surface area contributed by atoms with Gasteiger partial charge in [-0.15, -0.1) is 0 Å². The Morgan fingerprint density at radius 3 is 2.14 bits per heavy atom. The average Bonchev–Trinajstić information content (AvgIpc) is 3.33. The lowest BCUT2D eigenvalue weighted by Gasteiger charge is -2.19.